The Labute approximate surface area is 163 Å². The van der Waals surface area contributed by atoms with Gasteiger partial charge in [-0.3, -0.25) is 4.57 Å². The van der Waals surface area contributed by atoms with Crippen LogP contribution < -0.4 is 11.0 Å². The molecule has 2 aliphatic carbocycles. The lowest BCUT2D eigenvalue weighted by Crippen LogP contribution is -2.24. The largest absolute Gasteiger partial charge is 0.369 e. The molecule has 3 aromatic rings. The molecule has 0 spiro atoms. The average Bonchev–Trinajstić information content (AvgIpc) is 3.60. The molecule has 2 aromatic carbocycles. The minimum Gasteiger partial charge on any atom is -0.369 e. The van der Waals surface area contributed by atoms with Gasteiger partial charge in [-0.15, -0.1) is 0 Å². The molecular formula is C23H22N4O. The van der Waals surface area contributed by atoms with Crippen molar-refractivity contribution in [3.05, 3.63) is 69.4 Å². The highest BCUT2D eigenvalue weighted by Gasteiger charge is 2.28. The number of aryl methyl sites for hydroxylation is 1. The molecule has 0 unspecified atom stereocenters. The number of hydrogen-bond acceptors (Lipinski definition) is 3. The molecule has 140 valence electrons. The van der Waals surface area contributed by atoms with Crippen LogP contribution in [-0.2, 0) is 0 Å². The van der Waals surface area contributed by atoms with Gasteiger partial charge < -0.3 is 5.32 Å². The first-order valence-corrected chi connectivity index (χ1v) is 9.93. The van der Waals surface area contributed by atoms with Crippen molar-refractivity contribution in [2.45, 2.75) is 38.5 Å². The highest BCUT2D eigenvalue weighted by molar-refractivity contribution is 5.94. The second-order valence-electron chi connectivity index (χ2n) is 8.00. The fourth-order valence-electron chi connectivity index (χ4n) is 3.84. The molecule has 1 heterocycles. The number of rotatable bonds is 5. The zero-order chi connectivity index (χ0) is 19.3. The molecule has 0 atom stereocenters. The summed E-state index contributed by atoms with van der Waals surface area (Å²) in [6.07, 6.45) is 4.68. The zero-order valence-electron chi connectivity index (χ0n) is 15.9. The van der Waals surface area contributed by atoms with E-state index in [1.165, 1.54) is 12.8 Å². The fourth-order valence-corrected chi connectivity index (χ4v) is 3.84. The zero-order valence-corrected chi connectivity index (χ0v) is 15.9. The third-order valence-corrected chi connectivity index (χ3v) is 5.79. The van der Waals surface area contributed by atoms with Gasteiger partial charge in [0.25, 0.3) is 0 Å². The third-order valence-electron chi connectivity index (χ3n) is 5.79. The summed E-state index contributed by atoms with van der Waals surface area (Å²) in [7, 11) is 0. The quantitative estimate of drug-likeness (QED) is 0.647. The fraction of sp³-hybridized carbons (Fsp3) is 0.348. The van der Waals surface area contributed by atoms with Crippen LogP contribution in [0, 0.1) is 19.4 Å². The van der Waals surface area contributed by atoms with Crippen molar-refractivity contribution in [3.63, 3.8) is 0 Å². The first-order valence-electron chi connectivity index (χ1n) is 9.93. The Morgan fingerprint density at radius 2 is 2.00 bits per heavy atom. The smallest absolute Gasteiger partial charge is 0.354 e. The number of benzene rings is 2. The molecule has 0 saturated heterocycles. The molecule has 1 N–H and O–H groups in total. The Morgan fingerprint density at radius 1 is 1.21 bits per heavy atom. The highest BCUT2D eigenvalue weighted by atomic mass is 16.1. The van der Waals surface area contributed by atoms with E-state index < -0.39 is 0 Å². The first kappa shape index (κ1) is 17.0. The Balaban J connectivity index is 1.79. The number of nitrogens with one attached hydrogen (secondary N) is 1. The van der Waals surface area contributed by atoms with Gasteiger partial charge in [0.05, 0.1) is 17.8 Å². The molecule has 28 heavy (non-hydrogen) atoms. The van der Waals surface area contributed by atoms with Crippen molar-refractivity contribution in [1.82, 2.24) is 9.55 Å². The van der Waals surface area contributed by atoms with Crippen molar-refractivity contribution < 1.29 is 0 Å². The van der Waals surface area contributed by atoms with Gasteiger partial charge in [-0.05, 0) is 73.8 Å². The average molecular weight is 370 g/mol. The number of anilines is 1. The SMILES string of the molecule is [C-]#[N+]c1cc2c(NCC3CC3)nc(=O)n(-c3ccccc3C)c2cc1C1CC1. The summed E-state index contributed by atoms with van der Waals surface area (Å²) in [5.74, 6) is 1.70. The predicted molar refractivity (Wildman–Crippen MR) is 112 cm³/mol. The normalized spacial score (nSPS) is 16.1. The van der Waals surface area contributed by atoms with E-state index in [-0.39, 0.29) is 5.69 Å². The second kappa shape index (κ2) is 6.49. The maximum Gasteiger partial charge on any atom is 0.354 e. The van der Waals surface area contributed by atoms with Gasteiger partial charge in [-0.25, -0.2) is 9.64 Å². The molecular weight excluding hydrogens is 348 g/mol. The third kappa shape index (κ3) is 2.95. The molecule has 1 aromatic heterocycles. The number of nitrogens with zero attached hydrogens (tertiary/aromatic N) is 3. The molecule has 5 rings (SSSR count). The summed E-state index contributed by atoms with van der Waals surface area (Å²) < 4.78 is 1.70. The van der Waals surface area contributed by atoms with E-state index in [1.54, 1.807) is 4.57 Å². The number of aromatic nitrogens is 2. The highest BCUT2D eigenvalue weighted by Crippen LogP contribution is 2.46. The maximum absolute atomic E-state index is 13.1. The van der Waals surface area contributed by atoms with E-state index in [0.29, 0.717) is 23.3 Å². The van der Waals surface area contributed by atoms with Crippen LogP contribution in [0.4, 0.5) is 11.5 Å². The molecule has 2 saturated carbocycles. The van der Waals surface area contributed by atoms with Gasteiger partial charge in [-0.2, -0.15) is 4.98 Å². The summed E-state index contributed by atoms with van der Waals surface area (Å²) in [4.78, 5) is 21.2. The standard InChI is InChI=1S/C23H22N4O/c1-14-5-3-4-6-20(14)27-21-12-17(16-9-10-16)19(24-2)11-18(21)22(26-23(27)28)25-13-15-7-8-15/h3-6,11-12,15-16H,7-10,13H2,1H3,(H,25,26,28). The monoisotopic (exact) mass is 370 g/mol. The van der Waals surface area contributed by atoms with Gasteiger partial charge in [-0.1, -0.05) is 18.2 Å². The van der Waals surface area contributed by atoms with Crippen LogP contribution in [0.5, 0.6) is 0 Å². The summed E-state index contributed by atoms with van der Waals surface area (Å²) in [5, 5.41) is 4.22. The molecule has 5 heteroatoms. The molecule has 0 aliphatic heterocycles. The molecule has 5 nitrogen and oxygen atoms in total. The van der Waals surface area contributed by atoms with Gasteiger partial charge >= 0.3 is 5.69 Å². The Bertz CT molecular complexity index is 1180. The second-order valence-corrected chi connectivity index (χ2v) is 8.00. The van der Waals surface area contributed by atoms with Crippen molar-refractivity contribution >= 4 is 22.4 Å². The van der Waals surface area contributed by atoms with E-state index in [1.807, 2.05) is 37.3 Å². The van der Waals surface area contributed by atoms with Crippen LogP contribution in [0.2, 0.25) is 0 Å². The molecule has 0 amide bonds. The van der Waals surface area contributed by atoms with Crippen LogP contribution in [0.3, 0.4) is 0 Å². The molecule has 0 bridgehead atoms. The van der Waals surface area contributed by atoms with E-state index in [0.717, 1.165) is 47.1 Å². The number of para-hydroxylation sites is 1. The van der Waals surface area contributed by atoms with E-state index in [2.05, 4.69) is 21.2 Å². The van der Waals surface area contributed by atoms with Gasteiger partial charge in [0.2, 0.25) is 0 Å². The lowest BCUT2D eigenvalue weighted by atomic mass is 10.0. The van der Waals surface area contributed by atoms with Crippen molar-refractivity contribution in [2.24, 2.45) is 5.92 Å². The Kier molecular flexibility index (Phi) is 3.94. The predicted octanol–water partition coefficient (Wildman–Crippen LogP) is 4.94. The van der Waals surface area contributed by atoms with Crippen LogP contribution in [0.1, 0.15) is 42.7 Å². The minimum atomic E-state index is -0.280. The summed E-state index contributed by atoms with van der Waals surface area (Å²) in [6, 6.07) is 11.8. The van der Waals surface area contributed by atoms with Crippen LogP contribution in [0.15, 0.2) is 41.2 Å². The minimum absolute atomic E-state index is 0.280. The van der Waals surface area contributed by atoms with Crippen LogP contribution >= 0.6 is 0 Å². The lowest BCUT2D eigenvalue weighted by Gasteiger charge is -2.17. The van der Waals surface area contributed by atoms with E-state index in [9.17, 15) is 4.79 Å². The van der Waals surface area contributed by atoms with E-state index in [4.69, 9.17) is 6.57 Å². The number of hydrogen-bond donors (Lipinski definition) is 1. The van der Waals surface area contributed by atoms with Gasteiger partial charge in [0.1, 0.15) is 5.82 Å². The van der Waals surface area contributed by atoms with Crippen molar-refractivity contribution in [1.29, 1.82) is 0 Å². The Morgan fingerprint density at radius 3 is 2.68 bits per heavy atom. The topological polar surface area (TPSA) is 51.3 Å². The van der Waals surface area contributed by atoms with E-state index >= 15 is 0 Å². The summed E-state index contributed by atoms with van der Waals surface area (Å²) in [5.41, 5.74) is 4.16. The number of fused-ring (bicyclic) bond motifs is 1. The molecule has 2 aliphatic rings. The van der Waals surface area contributed by atoms with Crippen molar-refractivity contribution in [3.8, 4) is 5.69 Å². The summed E-state index contributed by atoms with van der Waals surface area (Å²) >= 11 is 0. The lowest BCUT2D eigenvalue weighted by molar-refractivity contribution is 0.874. The van der Waals surface area contributed by atoms with Gasteiger partial charge in [0, 0.05) is 11.9 Å². The van der Waals surface area contributed by atoms with Crippen LogP contribution in [0.25, 0.3) is 21.4 Å². The Hall–Kier alpha value is -3.13. The first-order chi connectivity index (χ1) is 13.7. The van der Waals surface area contributed by atoms with Crippen molar-refractivity contribution in [2.75, 3.05) is 11.9 Å². The molecule has 2 fully saturated rings. The molecule has 0 radical (unpaired) electrons. The maximum atomic E-state index is 13.1. The van der Waals surface area contributed by atoms with Gasteiger partial charge in [0.15, 0.2) is 5.69 Å². The summed E-state index contributed by atoms with van der Waals surface area (Å²) in [6.45, 7) is 10.5. The van der Waals surface area contributed by atoms with Crippen LogP contribution in [-0.4, -0.2) is 16.1 Å².